The van der Waals surface area contributed by atoms with E-state index in [0.29, 0.717) is 43.2 Å². The Morgan fingerprint density at radius 1 is 0.852 bits per heavy atom. The molecule has 142 valence electrons. The molecular formula is C20H21FN2O4. The molecule has 1 heterocycles. The molecule has 0 bridgehead atoms. The van der Waals surface area contributed by atoms with E-state index in [0.717, 1.165) is 0 Å². The number of nitrogens with zero attached hydrogens (tertiary/aromatic N) is 2. The molecule has 1 aliphatic heterocycles. The monoisotopic (exact) mass is 372 g/mol. The van der Waals surface area contributed by atoms with E-state index in [2.05, 4.69) is 0 Å². The van der Waals surface area contributed by atoms with Crippen LogP contribution in [0, 0.1) is 5.82 Å². The van der Waals surface area contributed by atoms with Crippen molar-refractivity contribution in [3.63, 3.8) is 0 Å². The SMILES string of the molecule is COc1cc(OC)cc(C(=O)N2CCN(C(=O)c3ccccc3F)CC2)c1. The van der Waals surface area contributed by atoms with Crippen molar-refractivity contribution in [2.75, 3.05) is 40.4 Å². The van der Waals surface area contributed by atoms with Crippen LogP contribution in [-0.2, 0) is 0 Å². The van der Waals surface area contributed by atoms with Gasteiger partial charge in [-0.25, -0.2) is 4.39 Å². The topological polar surface area (TPSA) is 59.1 Å². The number of methoxy groups -OCH3 is 2. The molecule has 0 saturated carbocycles. The van der Waals surface area contributed by atoms with Crippen molar-refractivity contribution in [1.29, 1.82) is 0 Å². The molecule has 0 unspecified atom stereocenters. The first-order valence-corrected chi connectivity index (χ1v) is 8.59. The number of carbonyl (C=O) groups is 2. The quantitative estimate of drug-likeness (QED) is 0.827. The number of benzene rings is 2. The fourth-order valence-electron chi connectivity index (χ4n) is 3.03. The molecule has 2 aromatic carbocycles. The van der Waals surface area contributed by atoms with Crippen molar-refractivity contribution >= 4 is 11.8 Å². The molecular weight excluding hydrogens is 351 g/mol. The lowest BCUT2D eigenvalue weighted by atomic mass is 10.1. The number of piperazine rings is 1. The van der Waals surface area contributed by atoms with Crippen LogP contribution in [0.2, 0.25) is 0 Å². The van der Waals surface area contributed by atoms with Crippen molar-refractivity contribution in [3.05, 3.63) is 59.4 Å². The summed E-state index contributed by atoms with van der Waals surface area (Å²) in [5.41, 5.74) is 0.509. The molecule has 1 fully saturated rings. The van der Waals surface area contributed by atoms with Gasteiger partial charge in [-0.2, -0.15) is 0 Å². The molecule has 0 N–H and O–H groups in total. The number of hydrogen-bond acceptors (Lipinski definition) is 4. The molecule has 0 atom stereocenters. The summed E-state index contributed by atoms with van der Waals surface area (Å²) in [4.78, 5) is 28.5. The third kappa shape index (κ3) is 4.02. The third-order valence-corrected chi connectivity index (χ3v) is 4.56. The Bertz CT molecular complexity index is 825. The highest BCUT2D eigenvalue weighted by Gasteiger charge is 2.27. The summed E-state index contributed by atoms with van der Waals surface area (Å²) in [5, 5.41) is 0. The highest BCUT2D eigenvalue weighted by Crippen LogP contribution is 2.24. The van der Waals surface area contributed by atoms with Crippen LogP contribution in [0.3, 0.4) is 0 Å². The van der Waals surface area contributed by atoms with Crippen LogP contribution in [0.25, 0.3) is 0 Å². The first kappa shape index (κ1) is 18.7. The van der Waals surface area contributed by atoms with Crippen LogP contribution in [-0.4, -0.2) is 62.0 Å². The minimum Gasteiger partial charge on any atom is -0.497 e. The van der Waals surface area contributed by atoms with Crippen LogP contribution in [0.15, 0.2) is 42.5 Å². The fraction of sp³-hybridized carbons (Fsp3) is 0.300. The number of carbonyl (C=O) groups excluding carboxylic acids is 2. The van der Waals surface area contributed by atoms with Gasteiger partial charge < -0.3 is 19.3 Å². The lowest BCUT2D eigenvalue weighted by Crippen LogP contribution is -2.50. The molecule has 2 amide bonds. The highest BCUT2D eigenvalue weighted by atomic mass is 19.1. The lowest BCUT2D eigenvalue weighted by Gasteiger charge is -2.35. The molecule has 3 rings (SSSR count). The molecule has 6 nitrogen and oxygen atoms in total. The van der Waals surface area contributed by atoms with E-state index in [1.165, 1.54) is 26.4 Å². The van der Waals surface area contributed by atoms with Crippen molar-refractivity contribution in [2.24, 2.45) is 0 Å². The van der Waals surface area contributed by atoms with Gasteiger partial charge in [0.05, 0.1) is 19.8 Å². The minimum atomic E-state index is -0.538. The normalized spacial score (nSPS) is 14.0. The number of halogens is 1. The molecule has 27 heavy (non-hydrogen) atoms. The number of amides is 2. The van der Waals surface area contributed by atoms with E-state index in [1.807, 2.05) is 0 Å². The first-order valence-electron chi connectivity index (χ1n) is 8.59. The molecule has 2 aromatic rings. The zero-order valence-electron chi connectivity index (χ0n) is 15.3. The second-order valence-electron chi connectivity index (χ2n) is 6.17. The smallest absolute Gasteiger partial charge is 0.256 e. The van der Waals surface area contributed by atoms with E-state index in [9.17, 15) is 14.0 Å². The Morgan fingerprint density at radius 2 is 1.37 bits per heavy atom. The Morgan fingerprint density at radius 3 is 1.89 bits per heavy atom. The summed E-state index contributed by atoms with van der Waals surface area (Å²) in [6.07, 6.45) is 0. The maximum Gasteiger partial charge on any atom is 0.256 e. The summed E-state index contributed by atoms with van der Waals surface area (Å²) >= 11 is 0. The fourth-order valence-corrected chi connectivity index (χ4v) is 3.03. The molecule has 1 saturated heterocycles. The van der Waals surface area contributed by atoms with Gasteiger partial charge in [-0.1, -0.05) is 12.1 Å². The summed E-state index contributed by atoms with van der Waals surface area (Å²) in [7, 11) is 3.05. The van der Waals surface area contributed by atoms with Crippen LogP contribution >= 0.6 is 0 Å². The van der Waals surface area contributed by atoms with E-state index < -0.39 is 5.82 Å². The Hall–Kier alpha value is -3.09. The van der Waals surface area contributed by atoms with Gasteiger partial charge in [0.25, 0.3) is 11.8 Å². The van der Waals surface area contributed by atoms with Gasteiger partial charge in [-0.3, -0.25) is 9.59 Å². The van der Waals surface area contributed by atoms with Crippen molar-refractivity contribution in [2.45, 2.75) is 0 Å². The first-order chi connectivity index (χ1) is 13.0. The molecule has 1 aliphatic rings. The summed E-state index contributed by atoms with van der Waals surface area (Å²) < 4.78 is 24.2. The van der Waals surface area contributed by atoms with E-state index in [-0.39, 0.29) is 17.4 Å². The van der Waals surface area contributed by atoms with Crippen molar-refractivity contribution < 1.29 is 23.5 Å². The van der Waals surface area contributed by atoms with Gasteiger partial charge in [0.1, 0.15) is 17.3 Å². The predicted octanol–water partition coefficient (Wildman–Crippen LogP) is 2.44. The van der Waals surface area contributed by atoms with Gasteiger partial charge in [-0.15, -0.1) is 0 Å². The summed E-state index contributed by atoms with van der Waals surface area (Å²) in [6.45, 7) is 1.44. The second-order valence-corrected chi connectivity index (χ2v) is 6.17. The lowest BCUT2D eigenvalue weighted by molar-refractivity contribution is 0.0532. The minimum absolute atomic E-state index is 0.0507. The van der Waals surface area contributed by atoms with Gasteiger partial charge in [0.15, 0.2) is 0 Å². The molecule has 0 aliphatic carbocycles. The zero-order chi connectivity index (χ0) is 19.4. The van der Waals surface area contributed by atoms with Crippen molar-refractivity contribution in [1.82, 2.24) is 9.80 Å². The molecule has 7 heteroatoms. The molecule has 0 aromatic heterocycles. The summed E-state index contributed by atoms with van der Waals surface area (Å²) in [6, 6.07) is 10.9. The maximum absolute atomic E-state index is 13.8. The average Bonchev–Trinajstić information content (AvgIpc) is 2.72. The van der Waals surface area contributed by atoms with Crippen LogP contribution in [0.1, 0.15) is 20.7 Å². The van der Waals surface area contributed by atoms with E-state index in [4.69, 9.17) is 9.47 Å². The maximum atomic E-state index is 13.8. The molecule has 0 spiro atoms. The van der Waals surface area contributed by atoms with Gasteiger partial charge in [0.2, 0.25) is 0 Å². The van der Waals surface area contributed by atoms with Crippen LogP contribution in [0.5, 0.6) is 11.5 Å². The highest BCUT2D eigenvalue weighted by molar-refractivity contribution is 5.96. The largest absolute Gasteiger partial charge is 0.497 e. The van der Waals surface area contributed by atoms with E-state index >= 15 is 0 Å². The predicted molar refractivity (Wildman–Crippen MR) is 97.8 cm³/mol. The second kappa shape index (κ2) is 8.07. The Balaban J connectivity index is 1.68. The Kier molecular flexibility index (Phi) is 5.59. The van der Waals surface area contributed by atoms with Gasteiger partial charge >= 0.3 is 0 Å². The number of ether oxygens (including phenoxy) is 2. The number of rotatable bonds is 4. The van der Waals surface area contributed by atoms with Gasteiger partial charge in [-0.05, 0) is 24.3 Å². The summed E-state index contributed by atoms with van der Waals surface area (Å²) in [5.74, 6) is 0.00931. The average molecular weight is 372 g/mol. The van der Waals surface area contributed by atoms with Gasteiger partial charge in [0, 0.05) is 37.8 Å². The van der Waals surface area contributed by atoms with Crippen LogP contribution < -0.4 is 9.47 Å². The standard InChI is InChI=1S/C20H21FN2O4/c1-26-15-11-14(12-16(13-15)27-2)19(24)22-7-9-23(10-8-22)20(25)17-5-3-4-6-18(17)21/h3-6,11-13H,7-10H2,1-2H3. The zero-order valence-corrected chi connectivity index (χ0v) is 15.3. The molecule has 0 radical (unpaired) electrons. The van der Waals surface area contributed by atoms with Crippen molar-refractivity contribution in [3.8, 4) is 11.5 Å². The van der Waals surface area contributed by atoms with Crippen LogP contribution in [0.4, 0.5) is 4.39 Å². The van der Waals surface area contributed by atoms with E-state index in [1.54, 1.807) is 40.1 Å². The number of hydrogen-bond donors (Lipinski definition) is 0. The Labute approximate surface area is 157 Å². The third-order valence-electron chi connectivity index (χ3n) is 4.56.